The van der Waals surface area contributed by atoms with Crippen molar-refractivity contribution in [3.63, 3.8) is 0 Å². The van der Waals surface area contributed by atoms with Gasteiger partial charge in [0.2, 0.25) is 11.8 Å². The number of halogens is 1. The van der Waals surface area contributed by atoms with Gasteiger partial charge < -0.3 is 29.7 Å². The molecular weight excluding hydrogens is 469 g/mol. The number of nitrogens with zero attached hydrogens (tertiary/aromatic N) is 1. The zero-order chi connectivity index (χ0) is 25.5. The van der Waals surface area contributed by atoms with Crippen LogP contribution in [0.15, 0.2) is 48.5 Å². The van der Waals surface area contributed by atoms with Crippen molar-refractivity contribution in [1.29, 1.82) is 0 Å². The lowest BCUT2D eigenvalue weighted by atomic mass is 10.1. The lowest BCUT2D eigenvalue weighted by molar-refractivity contribution is -0.140. The maximum Gasteiger partial charge on any atom is 0.251 e. The van der Waals surface area contributed by atoms with E-state index >= 15 is 0 Å². The van der Waals surface area contributed by atoms with E-state index in [4.69, 9.17) is 14.2 Å². The van der Waals surface area contributed by atoms with Gasteiger partial charge in [-0.15, -0.1) is 0 Å². The third-order valence-electron chi connectivity index (χ3n) is 6.23. The van der Waals surface area contributed by atoms with Gasteiger partial charge in [-0.3, -0.25) is 14.4 Å². The highest BCUT2D eigenvalue weighted by Gasteiger charge is 2.39. The SMILES string of the molecule is COc1ccc(C2CC2NC(=O)COCC(NC(=O)c2ccc(F)cc2)C(=O)N2CCOCC2)cc1. The van der Waals surface area contributed by atoms with Crippen molar-refractivity contribution in [3.8, 4) is 5.75 Å². The fourth-order valence-corrected chi connectivity index (χ4v) is 4.11. The quantitative estimate of drug-likeness (QED) is 0.513. The summed E-state index contributed by atoms with van der Waals surface area (Å²) >= 11 is 0. The van der Waals surface area contributed by atoms with E-state index in [-0.39, 0.29) is 42.6 Å². The van der Waals surface area contributed by atoms with Crippen molar-refractivity contribution in [2.75, 3.05) is 46.6 Å². The van der Waals surface area contributed by atoms with Gasteiger partial charge >= 0.3 is 0 Å². The third-order valence-corrected chi connectivity index (χ3v) is 6.23. The number of carbonyl (C=O) groups is 3. The molecule has 2 N–H and O–H groups in total. The summed E-state index contributed by atoms with van der Waals surface area (Å²) in [6.07, 6.45) is 0.837. The molecule has 2 aliphatic rings. The van der Waals surface area contributed by atoms with Crippen molar-refractivity contribution in [2.24, 2.45) is 0 Å². The Morgan fingerprint density at radius 2 is 1.78 bits per heavy atom. The summed E-state index contributed by atoms with van der Waals surface area (Å²) in [6, 6.07) is 11.8. The summed E-state index contributed by atoms with van der Waals surface area (Å²) in [6.45, 7) is 1.19. The molecule has 0 spiro atoms. The molecule has 1 heterocycles. The van der Waals surface area contributed by atoms with Gasteiger partial charge in [0.1, 0.15) is 24.2 Å². The molecule has 3 amide bonds. The highest BCUT2D eigenvalue weighted by atomic mass is 19.1. The van der Waals surface area contributed by atoms with E-state index in [1.165, 1.54) is 24.3 Å². The first-order valence-corrected chi connectivity index (χ1v) is 11.9. The van der Waals surface area contributed by atoms with E-state index in [9.17, 15) is 18.8 Å². The van der Waals surface area contributed by atoms with Crippen molar-refractivity contribution >= 4 is 17.7 Å². The van der Waals surface area contributed by atoms with E-state index in [1.807, 2.05) is 24.3 Å². The highest BCUT2D eigenvalue weighted by Crippen LogP contribution is 2.41. The van der Waals surface area contributed by atoms with Gasteiger partial charge in [0.25, 0.3) is 5.91 Å². The molecule has 2 fully saturated rings. The van der Waals surface area contributed by atoms with Gasteiger partial charge in [0, 0.05) is 30.6 Å². The number of morpholine rings is 1. The number of ether oxygens (including phenoxy) is 3. The smallest absolute Gasteiger partial charge is 0.251 e. The lowest BCUT2D eigenvalue weighted by Crippen LogP contribution is -2.53. The van der Waals surface area contributed by atoms with Crippen LogP contribution < -0.4 is 15.4 Å². The van der Waals surface area contributed by atoms with Gasteiger partial charge in [0.05, 0.1) is 26.9 Å². The van der Waals surface area contributed by atoms with Crippen LogP contribution in [0.2, 0.25) is 0 Å². The van der Waals surface area contributed by atoms with Crippen LogP contribution >= 0.6 is 0 Å². The fourth-order valence-electron chi connectivity index (χ4n) is 4.11. The van der Waals surface area contributed by atoms with Crippen molar-refractivity contribution in [2.45, 2.75) is 24.4 Å². The van der Waals surface area contributed by atoms with Crippen LogP contribution in [0.5, 0.6) is 5.75 Å². The molecule has 2 aromatic rings. The molecule has 1 aliphatic carbocycles. The Bertz CT molecular complexity index is 1060. The van der Waals surface area contributed by atoms with Crippen LogP contribution in [0.25, 0.3) is 0 Å². The maximum atomic E-state index is 13.2. The number of hydrogen-bond acceptors (Lipinski definition) is 6. The van der Waals surface area contributed by atoms with E-state index in [1.54, 1.807) is 12.0 Å². The summed E-state index contributed by atoms with van der Waals surface area (Å²) < 4.78 is 29.2. The molecule has 1 saturated heterocycles. The second kappa shape index (κ2) is 12.0. The van der Waals surface area contributed by atoms with E-state index < -0.39 is 17.8 Å². The van der Waals surface area contributed by atoms with Crippen LogP contribution in [0.1, 0.15) is 28.3 Å². The van der Waals surface area contributed by atoms with Crippen molar-refractivity contribution < 1.29 is 33.0 Å². The molecule has 3 unspecified atom stereocenters. The molecule has 9 nitrogen and oxygen atoms in total. The third kappa shape index (κ3) is 6.79. The van der Waals surface area contributed by atoms with Crippen LogP contribution in [0.4, 0.5) is 4.39 Å². The molecule has 1 aliphatic heterocycles. The van der Waals surface area contributed by atoms with E-state index in [0.29, 0.717) is 26.3 Å². The molecule has 0 radical (unpaired) electrons. The summed E-state index contributed by atoms with van der Waals surface area (Å²) in [5.41, 5.74) is 1.34. The normalized spacial score (nSPS) is 19.8. The Labute approximate surface area is 208 Å². The Morgan fingerprint density at radius 3 is 2.44 bits per heavy atom. The molecule has 0 bridgehead atoms. The Balaban J connectivity index is 1.28. The second-order valence-corrected chi connectivity index (χ2v) is 8.78. The largest absolute Gasteiger partial charge is 0.497 e. The number of methoxy groups -OCH3 is 1. The van der Waals surface area contributed by atoms with Crippen LogP contribution in [-0.2, 0) is 19.1 Å². The van der Waals surface area contributed by atoms with Crippen LogP contribution in [0, 0.1) is 5.82 Å². The Morgan fingerprint density at radius 1 is 1.08 bits per heavy atom. The van der Waals surface area contributed by atoms with Gasteiger partial charge in [-0.1, -0.05) is 12.1 Å². The zero-order valence-corrected chi connectivity index (χ0v) is 20.1. The Kier molecular flexibility index (Phi) is 8.50. The average Bonchev–Trinajstić information content (AvgIpc) is 3.67. The molecule has 4 rings (SSSR count). The number of benzene rings is 2. The molecule has 192 valence electrons. The minimum Gasteiger partial charge on any atom is -0.497 e. The second-order valence-electron chi connectivity index (χ2n) is 8.78. The predicted molar refractivity (Wildman–Crippen MR) is 128 cm³/mol. The highest BCUT2D eigenvalue weighted by molar-refractivity contribution is 5.97. The minimum absolute atomic E-state index is 0.0263. The number of carbonyl (C=O) groups excluding carboxylic acids is 3. The molecule has 3 atom stereocenters. The van der Waals surface area contributed by atoms with E-state index in [0.717, 1.165) is 17.7 Å². The molecular formula is C26H30FN3O6. The summed E-state index contributed by atoms with van der Waals surface area (Å²) in [7, 11) is 1.61. The Hall–Kier alpha value is -3.50. The number of amides is 3. The predicted octanol–water partition coefficient (Wildman–Crippen LogP) is 1.48. The van der Waals surface area contributed by atoms with Crippen LogP contribution in [-0.4, -0.2) is 81.3 Å². The maximum absolute atomic E-state index is 13.2. The first-order valence-electron chi connectivity index (χ1n) is 11.9. The number of hydrogen-bond donors (Lipinski definition) is 2. The first kappa shape index (κ1) is 25.6. The summed E-state index contributed by atoms with van der Waals surface area (Å²) in [5.74, 6) is -0.595. The molecule has 0 aromatic heterocycles. The average molecular weight is 500 g/mol. The molecule has 36 heavy (non-hydrogen) atoms. The molecule has 10 heteroatoms. The molecule has 2 aromatic carbocycles. The lowest BCUT2D eigenvalue weighted by Gasteiger charge is -2.30. The fraction of sp³-hybridized carbons (Fsp3) is 0.423. The number of rotatable bonds is 10. The monoisotopic (exact) mass is 499 g/mol. The van der Waals surface area contributed by atoms with Gasteiger partial charge in [-0.05, 0) is 48.4 Å². The topological polar surface area (TPSA) is 106 Å². The first-order chi connectivity index (χ1) is 17.4. The minimum atomic E-state index is -0.999. The molecule has 1 saturated carbocycles. The summed E-state index contributed by atoms with van der Waals surface area (Å²) in [4.78, 5) is 39.7. The van der Waals surface area contributed by atoms with Crippen LogP contribution in [0.3, 0.4) is 0 Å². The van der Waals surface area contributed by atoms with E-state index in [2.05, 4.69) is 10.6 Å². The number of nitrogens with one attached hydrogen (secondary N) is 2. The van der Waals surface area contributed by atoms with Gasteiger partial charge in [-0.25, -0.2) is 4.39 Å². The standard InChI is InChI=1S/C26H30FN3O6/c1-34-20-8-4-17(5-9-20)21-14-22(21)28-24(31)16-36-15-23(26(33)30-10-12-35-13-11-30)29-25(32)18-2-6-19(27)7-3-18/h2-9,21-23H,10-16H2,1H3,(H,28,31)(H,29,32). The van der Waals surface area contributed by atoms with Gasteiger partial charge in [0.15, 0.2) is 0 Å². The van der Waals surface area contributed by atoms with Crippen molar-refractivity contribution in [3.05, 3.63) is 65.5 Å². The van der Waals surface area contributed by atoms with Crippen molar-refractivity contribution in [1.82, 2.24) is 15.5 Å². The summed E-state index contributed by atoms with van der Waals surface area (Å²) in [5, 5.41) is 5.59. The zero-order valence-electron chi connectivity index (χ0n) is 20.1. The van der Waals surface area contributed by atoms with Gasteiger partial charge in [-0.2, -0.15) is 0 Å².